The van der Waals surface area contributed by atoms with E-state index in [2.05, 4.69) is 24.3 Å². The summed E-state index contributed by atoms with van der Waals surface area (Å²) in [5.74, 6) is 1.82. The third-order valence-electron chi connectivity index (χ3n) is 3.73. The molecule has 24 heavy (non-hydrogen) atoms. The lowest BCUT2D eigenvalue weighted by Crippen LogP contribution is -2.31. The third kappa shape index (κ3) is 4.72. The van der Waals surface area contributed by atoms with Gasteiger partial charge in [-0.15, -0.1) is 0 Å². The fourth-order valence-corrected chi connectivity index (χ4v) is 2.59. The molecule has 0 aliphatic carbocycles. The smallest absolute Gasteiger partial charge is 0.216 e. The molecular formula is C18H27N3O3. The molecule has 0 aliphatic rings. The Morgan fingerprint density at radius 1 is 1.25 bits per heavy atom. The molecule has 0 bridgehead atoms. The number of aliphatic hydroxyl groups excluding tert-OH is 1. The van der Waals surface area contributed by atoms with E-state index in [4.69, 9.17) is 9.47 Å². The summed E-state index contributed by atoms with van der Waals surface area (Å²) in [4.78, 5) is 0. The average Bonchev–Trinajstić information content (AvgIpc) is 2.90. The minimum absolute atomic E-state index is 0.248. The molecule has 6 heteroatoms. The Morgan fingerprint density at radius 2 is 1.96 bits per heavy atom. The van der Waals surface area contributed by atoms with Crippen molar-refractivity contribution in [2.45, 2.75) is 32.4 Å². The lowest BCUT2D eigenvalue weighted by atomic mass is 10.1. The van der Waals surface area contributed by atoms with E-state index in [1.807, 2.05) is 37.4 Å². The van der Waals surface area contributed by atoms with Gasteiger partial charge in [-0.05, 0) is 18.1 Å². The number of aromatic nitrogens is 2. The number of ether oxygens (including phenoxy) is 2. The highest BCUT2D eigenvalue weighted by Gasteiger charge is 2.19. The van der Waals surface area contributed by atoms with Gasteiger partial charge in [0.2, 0.25) is 5.88 Å². The van der Waals surface area contributed by atoms with Gasteiger partial charge in [-0.25, -0.2) is 4.68 Å². The number of methoxy groups -OCH3 is 1. The largest absolute Gasteiger partial charge is 0.491 e. The van der Waals surface area contributed by atoms with Crippen molar-refractivity contribution in [3.63, 3.8) is 0 Å². The van der Waals surface area contributed by atoms with E-state index < -0.39 is 6.10 Å². The van der Waals surface area contributed by atoms with Crippen LogP contribution in [0.5, 0.6) is 11.6 Å². The lowest BCUT2D eigenvalue weighted by molar-refractivity contribution is 0.106. The summed E-state index contributed by atoms with van der Waals surface area (Å²) in [6.07, 6.45) is -0.588. The second-order valence-electron chi connectivity index (χ2n) is 6.06. The summed E-state index contributed by atoms with van der Waals surface area (Å²) < 4.78 is 12.7. The fourth-order valence-electron chi connectivity index (χ4n) is 2.59. The Balaban J connectivity index is 1.85. The van der Waals surface area contributed by atoms with Gasteiger partial charge in [-0.1, -0.05) is 32.0 Å². The zero-order chi connectivity index (χ0) is 17.5. The van der Waals surface area contributed by atoms with Gasteiger partial charge in [0.1, 0.15) is 18.5 Å². The Morgan fingerprint density at radius 3 is 2.58 bits per heavy atom. The number of hydrogen-bond donors (Lipinski definition) is 2. The molecule has 2 rings (SSSR count). The molecule has 1 atom stereocenters. The minimum atomic E-state index is -0.588. The summed E-state index contributed by atoms with van der Waals surface area (Å²) in [6.45, 7) is 5.48. The van der Waals surface area contributed by atoms with Gasteiger partial charge in [0.15, 0.2) is 0 Å². The molecule has 0 unspecified atom stereocenters. The maximum absolute atomic E-state index is 10.1. The summed E-state index contributed by atoms with van der Waals surface area (Å²) in [5, 5.41) is 17.8. The van der Waals surface area contributed by atoms with E-state index >= 15 is 0 Å². The van der Waals surface area contributed by atoms with E-state index in [9.17, 15) is 5.11 Å². The van der Waals surface area contributed by atoms with Gasteiger partial charge in [-0.2, -0.15) is 5.10 Å². The van der Waals surface area contributed by atoms with Crippen molar-refractivity contribution in [2.24, 2.45) is 7.05 Å². The normalized spacial score (nSPS) is 12.4. The van der Waals surface area contributed by atoms with Crippen molar-refractivity contribution < 1.29 is 14.6 Å². The monoisotopic (exact) mass is 333 g/mol. The van der Waals surface area contributed by atoms with Crippen LogP contribution in [0.2, 0.25) is 0 Å². The van der Waals surface area contributed by atoms with Crippen LogP contribution in [0.1, 0.15) is 31.0 Å². The van der Waals surface area contributed by atoms with Crippen LogP contribution in [0.15, 0.2) is 30.3 Å². The minimum Gasteiger partial charge on any atom is -0.491 e. The SMILES string of the molecule is COc1c(CNC[C@H](O)COc2ccccc2)c(C(C)C)nn1C. The van der Waals surface area contributed by atoms with Crippen LogP contribution in [0.4, 0.5) is 0 Å². The van der Waals surface area contributed by atoms with Gasteiger partial charge in [0.05, 0.1) is 18.4 Å². The van der Waals surface area contributed by atoms with Crippen molar-refractivity contribution in [2.75, 3.05) is 20.3 Å². The summed E-state index contributed by atoms with van der Waals surface area (Å²) >= 11 is 0. The highest BCUT2D eigenvalue weighted by atomic mass is 16.5. The standard InChI is InChI=1S/C18H27N3O3/c1-13(2)17-16(18(23-4)21(3)20-17)11-19-10-14(22)12-24-15-8-6-5-7-9-15/h5-9,13-14,19,22H,10-12H2,1-4H3/t14-/m0/s1. The van der Waals surface area contributed by atoms with Gasteiger partial charge in [0, 0.05) is 20.1 Å². The average molecular weight is 333 g/mol. The summed E-state index contributed by atoms with van der Waals surface area (Å²) in [5.41, 5.74) is 2.04. The predicted molar refractivity (Wildman–Crippen MR) is 93.5 cm³/mol. The number of para-hydroxylation sites is 1. The highest BCUT2D eigenvalue weighted by molar-refractivity contribution is 5.33. The summed E-state index contributed by atoms with van der Waals surface area (Å²) in [7, 11) is 3.52. The molecule has 1 aromatic heterocycles. The quantitative estimate of drug-likeness (QED) is 0.735. The van der Waals surface area contributed by atoms with Gasteiger partial charge in [0.25, 0.3) is 0 Å². The molecule has 6 nitrogen and oxygen atoms in total. The first-order chi connectivity index (χ1) is 11.5. The van der Waals surface area contributed by atoms with Gasteiger partial charge < -0.3 is 19.9 Å². The van der Waals surface area contributed by atoms with Crippen LogP contribution in [0, 0.1) is 0 Å². The topological polar surface area (TPSA) is 68.5 Å². The second kappa shape index (κ2) is 8.70. The van der Waals surface area contributed by atoms with Crippen molar-refractivity contribution in [3.8, 4) is 11.6 Å². The number of aliphatic hydroxyl groups is 1. The van der Waals surface area contributed by atoms with Crippen LogP contribution < -0.4 is 14.8 Å². The van der Waals surface area contributed by atoms with Crippen LogP contribution in [0.25, 0.3) is 0 Å². The Labute approximate surface area is 143 Å². The van der Waals surface area contributed by atoms with E-state index in [0.717, 1.165) is 22.9 Å². The van der Waals surface area contributed by atoms with E-state index in [-0.39, 0.29) is 6.61 Å². The molecule has 2 aromatic rings. The molecule has 132 valence electrons. The van der Waals surface area contributed by atoms with Crippen LogP contribution in [0.3, 0.4) is 0 Å². The number of hydrogen-bond acceptors (Lipinski definition) is 5. The molecule has 0 fully saturated rings. The molecule has 0 spiro atoms. The van der Waals surface area contributed by atoms with Gasteiger partial charge in [-0.3, -0.25) is 0 Å². The molecule has 1 heterocycles. The molecular weight excluding hydrogens is 306 g/mol. The van der Waals surface area contributed by atoms with Crippen molar-refractivity contribution >= 4 is 0 Å². The maximum atomic E-state index is 10.1. The molecule has 0 radical (unpaired) electrons. The number of benzene rings is 1. The summed E-state index contributed by atoms with van der Waals surface area (Å²) in [6, 6.07) is 9.48. The van der Waals surface area contributed by atoms with Gasteiger partial charge >= 0.3 is 0 Å². The molecule has 1 aromatic carbocycles. The molecule has 2 N–H and O–H groups in total. The highest BCUT2D eigenvalue weighted by Crippen LogP contribution is 2.26. The van der Waals surface area contributed by atoms with E-state index in [1.54, 1.807) is 11.8 Å². The van der Waals surface area contributed by atoms with E-state index in [0.29, 0.717) is 19.0 Å². The van der Waals surface area contributed by atoms with Crippen molar-refractivity contribution in [3.05, 3.63) is 41.6 Å². The molecule has 0 saturated carbocycles. The zero-order valence-electron chi connectivity index (χ0n) is 14.8. The van der Waals surface area contributed by atoms with Crippen LogP contribution >= 0.6 is 0 Å². The third-order valence-corrected chi connectivity index (χ3v) is 3.73. The maximum Gasteiger partial charge on any atom is 0.216 e. The first-order valence-corrected chi connectivity index (χ1v) is 8.19. The van der Waals surface area contributed by atoms with Crippen molar-refractivity contribution in [1.82, 2.24) is 15.1 Å². The zero-order valence-corrected chi connectivity index (χ0v) is 14.8. The first kappa shape index (κ1) is 18.3. The Kier molecular flexibility index (Phi) is 6.63. The molecule has 0 saturated heterocycles. The number of nitrogens with zero attached hydrogens (tertiary/aromatic N) is 2. The van der Waals surface area contributed by atoms with Crippen LogP contribution in [-0.2, 0) is 13.6 Å². The lowest BCUT2D eigenvalue weighted by Gasteiger charge is -2.14. The van der Waals surface area contributed by atoms with Crippen LogP contribution in [-0.4, -0.2) is 41.3 Å². The number of nitrogens with one attached hydrogen (secondary N) is 1. The fraction of sp³-hybridized carbons (Fsp3) is 0.500. The number of rotatable bonds is 9. The van der Waals surface area contributed by atoms with Crippen molar-refractivity contribution in [1.29, 1.82) is 0 Å². The predicted octanol–water partition coefficient (Wildman–Crippen LogP) is 2.08. The Hall–Kier alpha value is -2.05. The first-order valence-electron chi connectivity index (χ1n) is 8.19. The van der Waals surface area contributed by atoms with E-state index in [1.165, 1.54) is 0 Å². The molecule has 0 amide bonds. The molecule has 0 aliphatic heterocycles. The Bertz CT molecular complexity index is 626. The second-order valence-corrected chi connectivity index (χ2v) is 6.06. The number of aryl methyl sites for hydroxylation is 1.